The Hall–Kier alpha value is -3.16. The third kappa shape index (κ3) is 4.97. The molecule has 0 atom stereocenters. The van der Waals surface area contributed by atoms with Gasteiger partial charge in [-0.2, -0.15) is 0 Å². The first-order valence-corrected chi connectivity index (χ1v) is 9.26. The van der Waals surface area contributed by atoms with E-state index in [1.54, 1.807) is 36.1 Å². The van der Waals surface area contributed by atoms with E-state index in [4.69, 9.17) is 4.74 Å². The SMILES string of the molecule is CCOC(=O)N1CCC(NC(=O)c2cncc(Nc3ccccc3F)c2)CC1. The zero-order valence-corrected chi connectivity index (χ0v) is 15.7. The fraction of sp³-hybridized carbons (Fsp3) is 0.350. The van der Waals surface area contributed by atoms with Gasteiger partial charge in [0.15, 0.2) is 0 Å². The molecular formula is C20H23FN4O3. The highest BCUT2D eigenvalue weighted by Gasteiger charge is 2.25. The van der Waals surface area contributed by atoms with Crippen molar-refractivity contribution >= 4 is 23.4 Å². The van der Waals surface area contributed by atoms with E-state index in [1.807, 2.05) is 0 Å². The van der Waals surface area contributed by atoms with Crippen LogP contribution in [0.2, 0.25) is 0 Å². The number of carbonyl (C=O) groups is 2. The van der Waals surface area contributed by atoms with Crippen molar-refractivity contribution < 1.29 is 18.7 Å². The van der Waals surface area contributed by atoms with Crippen LogP contribution in [0.1, 0.15) is 30.1 Å². The largest absolute Gasteiger partial charge is 0.450 e. The minimum Gasteiger partial charge on any atom is -0.450 e. The average Bonchev–Trinajstić information content (AvgIpc) is 2.71. The van der Waals surface area contributed by atoms with Gasteiger partial charge in [-0.15, -0.1) is 0 Å². The van der Waals surface area contributed by atoms with Crippen LogP contribution in [0.5, 0.6) is 0 Å². The Morgan fingerprint density at radius 1 is 1.25 bits per heavy atom. The molecule has 1 aliphatic rings. The molecule has 2 aromatic rings. The number of piperidine rings is 1. The fourth-order valence-electron chi connectivity index (χ4n) is 3.04. The van der Waals surface area contributed by atoms with Crippen LogP contribution in [-0.4, -0.2) is 47.6 Å². The summed E-state index contributed by atoms with van der Waals surface area (Å²) in [5.41, 5.74) is 1.22. The van der Waals surface area contributed by atoms with E-state index in [0.717, 1.165) is 0 Å². The summed E-state index contributed by atoms with van der Waals surface area (Å²) in [4.78, 5) is 30.0. The summed E-state index contributed by atoms with van der Waals surface area (Å²) in [6.45, 7) is 3.20. The molecule has 7 nitrogen and oxygen atoms in total. The number of pyridine rings is 1. The summed E-state index contributed by atoms with van der Waals surface area (Å²) in [5, 5.41) is 5.90. The predicted molar refractivity (Wildman–Crippen MR) is 103 cm³/mol. The molecule has 3 rings (SSSR count). The van der Waals surface area contributed by atoms with Gasteiger partial charge in [0.05, 0.1) is 29.7 Å². The number of aromatic nitrogens is 1. The van der Waals surface area contributed by atoms with Gasteiger partial charge >= 0.3 is 6.09 Å². The van der Waals surface area contributed by atoms with Crippen molar-refractivity contribution in [3.63, 3.8) is 0 Å². The summed E-state index contributed by atoms with van der Waals surface area (Å²) < 4.78 is 18.8. The Kier molecular flexibility index (Phi) is 6.41. The molecule has 1 aromatic carbocycles. The molecule has 2 amide bonds. The highest BCUT2D eigenvalue weighted by Crippen LogP contribution is 2.20. The van der Waals surface area contributed by atoms with Crippen molar-refractivity contribution in [2.75, 3.05) is 25.0 Å². The van der Waals surface area contributed by atoms with Crippen LogP contribution in [0.4, 0.5) is 20.6 Å². The summed E-state index contributed by atoms with van der Waals surface area (Å²) >= 11 is 0. The molecule has 0 bridgehead atoms. The van der Waals surface area contributed by atoms with Crippen LogP contribution in [0.15, 0.2) is 42.7 Å². The maximum atomic E-state index is 13.8. The van der Waals surface area contributed by atoms with Gasteiger partial charge in [0.25, 0.3) is 5.91 Å². The Balaban J connectivity index is 1.57. The van der Waals surface area contributed by atoms with Crippen molar-refractivity contribution in [2.45, 2.75) is 25.8 Å². The molecule has 1 saturated heterocycles. The van der Waals surface area contributed by atoms with Crippen LogP contribution >= 0.6 is 0 Å². The number of hydrogen-bond acceptors (Lipinski definition) is 5. The van der Waals surface area contributed by atoms with Gasteiger partial charge in [0.2, 0.25) is 0 Å². The highest BCUT2D eigenvalue weighted by molar-refractivity contribution is 5.95. The van der Waals surface area contributed by atoms with Crippen LogP contribution in [0.3, 0.4) is 0 Å². The fourth-order valence-corrected chi connectivity index (χ4v) is 3.04. The molecule has 0 saturated carbocycles. The van der Waals surface area contributed by atoms with Gasteiger partial charge in [0.1, 0.15) is 5.82 Å². The first-order valence-electron chi connectivity index (χ1n) is 9.26. The molecule has 1 aromatic heterocycles. The zero-order valence-electron chi connectivity index (χ0n) is 15.7. The van der Waals surface area contributed by atoms with E-state index < -0.39 is 0 Å². The van der Waals surface area contributed by atoms with Crippen LogP contribution < -0.4 is 10.6 Å². The van der Waals surface area contributed by atoms with E-state index in [0.29, 0.717) is 49.5 Å². The van der Waals surface area contributed by atoms with E-state index in [-0.39, 0.29) is 23.9 Å². The average molecular weight is 386 g/mol. The number of para-hydroxylation sites is 1. The Bertz CT molecular complexity index is 838. The molecule has 0 aliphatic carbocycles. The number of rotatable bonds is 5. The second-order valence-electron chi connectivity index (χ2n) is 6.50. The molecule has 0 radical (unpaired) electrons. The standard InChI is InChI=1S/C20H23FN4O3/c1-2-28-20(27)25-9-7-15(8-10-25)24-19(26)14-11-16(13-22-12-14)23-18-6-4-3-5-17(18)21/h3-6,11-13,15,23H,2,7-10H2,1H3,(H,24,26). The van der Waals surface area contributed by atoms with Crippen LogP contribution in [0.25, 0.3) is 0 Å². The third-order valence-electron chi connectivity index (χ3n) is 4.51. The van der Waals surface area contributed by atoms with Crippen molar-refractivity contribution in [1.29, 1.82) is 0 Å². The lowest BCUT2D eigenvalue weighted by Gasteiger charge is -2.31. The number of carbonyl (C=O) groups excluding carboxylic acids is 2. The Morgan fingerprint density at radius 3 is 2.71 bits per heavy atom. The zero-order chi connectivity index (χ0) is 19.9. The molecule has 2 N–H and O–H groups in total. The van der Waals surface area contributed by atoms with Gasteiger partial charge in [-0.05, 0) is 38.0 Å². The number of likely N-dealkylation sites (tertiary alicyclic amines) is 1. The summed E-state index contributed by atoms with van der Waals surface area (Å²) in [6.07, 6.45) is 4.00. The van der Waals surface area contributed by atoms with E-state index in [9.17, 15) is 14.0 Å². The minimum atomic E-state index is -0.384. The van der Waals surface area contributed by atoms with Crippen molar-refractivity contribution in [3.8, 4) is 0 Å². The lowest BCUT2D eigenvalue weighted by Crippen LogP contribution is -2.46. The van der Waals surface area contributed by atoms with E-state index in [1.165, 1.54) is 18.5 Å². The normalized spacial score (nSPS) is 14.4. The van der Waals surface area contributed by atoms with Crippen molar-refractivity contribution in [2.24, 2.45) is 0 Å². The van der Waals surface area contributed by atoms with Gasteiger partial charge in [-0.3, -0.25) is 9.78 Å². The number of amides is 2. The van der Waals surface area contributed by atoms with Gasteiger partial charge < -0.3 is 20.3 Å². The van der Waals surface area contributed by atoms with Crippen molar-refractivity contribution in [3.05, 3.63) is 54.1 Å². The molecular weight excluding hydrogens is 363 g/mol. The first kappa shape index (κ1) is 19.6. The van der Waals surface area contributed by atoms with E-state index in [2.05, 4.69) is 15.6 Å². The molecule has 1 aliphatic heterocycles. The monoisotopic (exact) mass is 386 g/mol. The lowest BCUT2D eigenvalue weighted by molar-refractivity contribution is 0.0860. The number of anilines is 2. The first-order chi connectivity index (χ1) is 13.6. The molecule has 0 unspecified atom stereocenters. The number of halogens is 1. The van der Waals surface area contributed by atoms with E-state index >= 15 is 0 Å². The molecule has 28 heavy (non-hydrogen) atoms. The number of benzene rings is 1. The van der Waals surface area contributed by atoms with Crippen molar-refractivity contribution in [1.82, 2.24) is 15.2 Å². The van der Waals surface area contributed by atoms with Crippen LogP contribution in [0, 0.1) is 5.82 Å². The summed E-state index contributed by atoms with van der Waals surface area (Å²) in [5.74, 6) is -0.634. The smallest absolute Gasteiger partial charge is 0.409 e. The molecule has 0 spiro atoms. The second kappa shape index (κ2) is 9.16. The Labute approximate surface area is 162 Å². The highest BCUT2D eigenvalue weighted by atomic mass is 19.1. The van der Waals surface area contributed by atoms with Gasteiger partial charge in [-0.1, -0.05) is 12.1 Å². The molecule has 1 fully saturated rings. The maximum Gasteiger partial charge on any atom is 0.409 e. The predicted octanol–water partition coefficient (Wildman–Crippen LogP) is 3.32. The van der Waals surface area contributed by atoms with Crippen LogP contribution in [-0.2, 0) is 4.74 Å². The summed E-state index contributed by atoms with van der Waals surface area (Å²) in [6, 6.07) is 7.89. The maximum absolute atomic E-state index is 13.8. The summed E-state index contributed by atoms with van der Waals surface area (Å²) in [7, 11) is 0. The molecule has 8 heteroatoms. The second-order valence-corrected chi connectivity index (χ2v) is 6.50. The third-order valence-corrected chi connectivity index (χ3v) is 4.51. The molecule has 2 heterocycles. The minimum absolute atomic E-state index is 0.0265. The van der Waals surface area contributed by atoms with Gasteiger partial charge in [0, 0.05) is 25.3 Å². The topological polar surface area (TPSA) is 83.6 Å². The Morgan fingerprint density at radius 2 is 2.00 bits per heavy atom. The number of hydrogen-bond donors (Lipinski definition) is 2. The lowest BCUT2D eigenvalue weighted by atomic mass is 10.0. The van der Waals surface area contributed by atoms with Gasteiger partial charge in [-0.25, -0.2) is 9.18 Å². The number of nitrogens with zero attached hydrogens (tertiary/aromatic N) is 2. The number of ether oxygens (including phenoxy) is 1. The quantitative estimate of drug-likeness (QED) is 0.824. The molecule has 148 valence electrons. The number of nitrogens with one attached hydrogen (secondary N) is 2.